The van der Waals surface area contributed by atoms with Gasteiger partial charge in [-0.3, -0.25) is 11.3 Å². The van der Waals surface area contributed by atoms with E-state index >= 15 is 0 Å². The van der Waals surface area contributed by atoms with Crippen molar-refractivity contribution in [2.45, 2.75) is 30.6 Å². The van der Waals surface area contributed by atoms with Gasteiger partial charge < -0.3 is 0 Å². The zero-order valence-electron chi connectivity index (χ0n) is 8.11. The fourth-order valence-corrected chi connectivity index (χ4v) is 3.94. The van der Waals surface area contributed by atoms with Gasteiger partial charge >= 0.3 is 0 Å². The molecule has 3 N–H and O–H groups in total. The minimum Gasteiger partial charge on any atom is -0.271 e. The van der Waals surface area contributed by atoms with Crippen LogP contribution in [0.2, 0.25) is 0 Å². The number of rotatable bonds is 4. The summed E-state index contributed by atoms with van der Waals surface area (Å²) in [6.45, 7) is 0. The van der Waals surface area contributed by atoms with E-state index in [4.69, 9.17) is 5.84 Å². The Bertz CT molecular complexity index is 255. The summed E-state index contributed by atoms with van der Waals surface area (Å²) >= 11 is 3.82. The lowest BCUT2D eigenvalue weighted by atomic mass is 10.0. The highest BCUT2D eigenvalue weighted by Gasteiger charge is 2.24. The average molecular weight is 228 g/mol. The van der Waals surface area contributed by atoms with E-state index in [1.54, 1.807) is 11.3 Å². The van der Waals surface area contributed by atoms with Crippen LogP contribution in [0.1, 0.15) is 18.4 Å². The van der Waals surface area contributed by atoms with Gasteiger partial charge in [0, 0.05) is 11.3 Å². The van der Waals surface area contributed by atoms with Gasteiger partial charge in [0.1, 0.15) is 0 Å². The average Bonchev–Trinajstić information content (AvgIpc) is 2.86. The number of nitrogens with two attached hydrogens (primary N) is 1. The minimum absolute atomic E-state index is 0.442. The monoisotopic (exact) mass is 228 g/mol. The van der Waals surface area contributed by atoms with Crippen molar-refractivity contribution in [3.8, 4) is 0 Å². The summed E-state index contributed by atoms with van der Waals surface area (Å²) in [5.74, 6) is 6.91. The van der Waals surface area contributed by atoms with Gasteiger partial charge in [-0.05, 0) is 47.4 Å². The highest BCUT2D eigenvalue weighted by Crippen LogP contribution is 2.30. The second kappa shape index (κ2) is 5.16. The Labute approximate surface area is 93.2 Å². The third-order valence-corrected chi connectivity index (χ3v) is 4.91. The van der Waals surface area contributed by atoms with Crippen LogP contribution in [0.5, 0.6) is 0 Å². The molecule has 1 aliphatic rings. The van der Waals surface area contributed by atoms with Gasteiger partial charge in [-0.15, -0.1) is 0 Å². The number of nitrogens with one attached hydrogen (secondary N) is 1. The van der Waals surface area contributed by atoms with Crippen LogP contribution in [0.25, 0.3) is 0 Å². The standard InChI is InChI=1S/C10H16N2S2/c11-12-9(10-2-1-4-14-10)6-8-3-5-13-7-8/h3,5,7,9-10,12H,1-2,4,6,11H2. The molecule has 1 aromatic heterocycles. The summed E-state index contributed by atoms with van der Waals surface area (Å²) < 4.78 is 0. The first-order valence-electron chi connectivity index (χ1n) is 4.99. The van der Waals surface area contributed by atoms with Crippen molar-refractivity contribution in [1.29, 1.82) is 0 Å². The molecule has 2 unspecified atom stereocenters. The fourth-order valence-electron chi connectivity index (χ4n) is 1.88. The molecule has 0 saturated carbocycles. The Balaban J connectivity index is 1.92. The number of thiophene rings is 1. The molecule has 14 heavy (non-hydrogen) atoms. The quantitative estimate of drug-likeness (QED) is 0.611. The molecule has 0 spiro atoms. The molecule has 2 nitrogen and oxygen atoms in total. The van der Waals surface area contributed by atoms with Crippen molar-refractivity contribution < 1.29 is 0 Å². The van der Waals surface area contributed by atoms with E-state index in [-0.39, 0.29) is 0 Å². The predicted molar refractivity (Wildman–Crippen MR) is 64.6 cm³/mol. The van der Waals surface area contributed by atoms with Crippen LogP contribution in [0.3, 0.4) is 0 Å². The summed E-state index contributed by atoms with van der Waals surface area (Å²) in [6, 6.07) is 2.63. The second-order valence-corrected chi connectivity index (χ2v) is 5.79. The molecule has 0 aliphatic carbocycles. The van der Waals surface area contributed by atoms with E-state index in [1.165, 1.54) is 24.2 Å². The molecule has 0 radical (unpaired) electrons. The highest BCUT2D eigenvalue weighted by atomic mass is 32.2. The number of hydrogen-bond acceptors (Lipinski definition) is 4. The molecule has 0 amide bonds. The molecule has 78 valence electrons. The minimum atomic E-state index is 0.442. The largest absolute Gasteiger partial charge is 0.271 e. The Kier molecular flexibility index (Phi) is 3.87. The number of hydrogen-bond donors (Lipinski definition) is 2. The van der Waals surface area contributed by atoms with Crippen LogP contribution in [0.4, 0.5) is 0 Å². The summed E-state index contributed by atoms with van der Waals surface area (Å²) in [6.07, 6.45) is 3.72. The summed E-state index contributed by atoms with van der Waals surface area (Å²) in [5, 5.41) is 5.05. The third-order valence-electron chi connectivity index (χ3n) is 2.66. The zero-order valence-corrected chi connectivity index (χ0v) is 9.74. The van der Waals surface area contributed by atoms with Gasteiger partial charge in [-0.1, -0.05) is 0 Å². The lowest BCUT2D eigenvalue weighted by molar-refractivity contribution is 0.496. The van der Waals surface area contributed by atoms with Crippen molar-refractivity contribution in [2.75, 3.05) is 5.75 Å². The summed E-state index contributed by atoms with van der Waals surface area (Å²) in [7, 11) is 0. The van der Waals surface area contributed by atoms with Crippen LogP contribution >= 0.6 is 23.1 Å². The first-order valence-corrected chi connectivity index (χ1v) is 6.98. The maximum atomic E-state index is 5.61. The smallest absolute Gasteiger partial charge is 0.0370 e. The van der Waals surface area contributed by atoms with Gasteiger partial charge in [0.15, 0.2) is 0 Å². The van der Waals surface area contributed by atoms with Crippen molar-refractivity contribution in [1.82, 2.24) is 5.43 Å². The van der Waals surface area contributed by atoms with E-state index in [2.05, 4.69) is 34.0 Å². The molecule has 1 fully saturated rings. The SMILES string of the molecule is NNC(Cc1ccsc1)C1CCCS1. The lowest BCUT2D eigenvalue weighted by Crippen LogP contribution is -2.43. The normalized spacial score (nSPS) is 23.9. The Morgan fingerprint density at radius 3 is 3.14 bits per heavy atom. The van der Waals surface area contributed by atoms with E-state index < -0.39 is 0 Å². The highest BCUT2D eigenvalue weighted by molar-refractivity contribution is 8.00. The van der Waals surface area contributed by atoms with E-state index in [0.29, 0.717) is 11.3 Å². The van der Waals surface area contributed by atoms with Crippen molar-refractivity contribution >= 4 is 23.1 Å². The van der Waals surface area contributed by atoms with Crippen molar-refractivity contribution in [3.63, 3.8) is 0 Å². The zero-order chi connectivity index (χ0) is 9.80. The number of hydrazine groups is 1. The molecule has 0 aromatic carbocycles. The first-order chi connectivity index (χ1) is 6.90. The van der Waals surface area contributed by atoms with Crippen LogP contribution in [0.15, 0.2) is 16.8 Å². The van der Waals surface area contributed by atoms with Gasteiger partial charge in [0.05, 0.1) is 0 Å². The fraction of sp³-hybridized carbons (Fsp3) is 0.600. The Morgan fingerprint density at radius 2 is 2.57 bits per heavy atom. The van der Waals surface area contributed by atoms with Crippen LogP contribution in [0, 0.1) is 0 Å². The molecule has 2 heterocycles. The van der Waals surface area contributed by atoms with Gasteiger partial charge in [0.2, 0.25) is 0 Å². The molecule has 4 heteroatoms. The summed E-state index contributed by atoms with van der Waals surface area (Å²) in [4.78, 5) is 0. The van der Waals surface area contributed by atoms with Gasteiger partial charge in [0.25, 0.3) is 0 Å². The van der Waals surface area contributed by atoms with Crippen LogP contribution < -0.4 is 11.3 Å². The molecule has 2 atom stereocenters. The molecule has 1 saturated heterocycles. The molecule has 2 rings (SSSR count). The predicted octanol–water partition coefficient (Wildman–Crippen LogP) is 2.02. The summed E-state index contributed by atoms with van der Waals surface area (Å²) in [5.41, 5.74) is 4.37. The number of thioether (sulfide) groups is 1. The lowest BCUT2D eigenvalue weighted by Gasteiger charge is -2.21. The van der Waals surface area contributed by atoms with E-state index in [0.717, 1.165) is 6.42 Å². The molecular weight excluding hydrogens is 212 g/mol. The third kappa shape index (κ3) is 2.51. The van der Waals surface area contributed by atoms with E-state index in [9.17, 15) is 0 Å². The molecule has 1 aromatic rings. The van der Waals surface area contributed by atoms with Gasteiger partial charge in [-0.2, -0.15) is 23.1 Å². The van der Waals surface area contributed by atoms with Crippen LogP contribution in [-0.2, 0) is 6.42 Å². The molecule has 0 bridgehead atoms. The van der Waals surface area contributed by atoms with Crippen molar-refractivity contribution in [3.05, 3.63) is 22.4 Å². The van der Waals surface area contributed by atoms with Gasteiger partial charge in [-0.25, -0.2) is 0 Å². The maximum Gasteiger partial charge on any atom is 0.0370 e. The maximum absolute atomic E-state index is 5.61. The molecule has 1 aliphatic heterocycles. The Hall–Kier alpha value is -0.0300. The first kappa shape index (κ1) is 10.5. The topological polar surface area (TPSA) is 38.0 Å². The van der Waals surface area contributed by atoms with Crippen LogP contribution in [-0.4, -0.2) is 17.0 Å². The van der Waals surface area contributed by atoms with E-state index in [1.807, 2.05) is 0 Å². The second-order valence-electron chi connectivity index (χ2n) is 3.66. The molecular formula is C10H16N2S2. The van der Waals surface area contributed by atoms with Crippen molar-refractivity contribution in [2.24, 2.45) is 5.84 Å². The Morgan fingerprint density at radius 1 is 1.64 bits per heavy atom.